The molecule has 2 rings (SSSR count). The van der Waals surface area contributed by atoms with E-state index in [0.29, 0.717) is 35.3 Å². The average Bonchev–Trinajstić information content (AvgIpc) is 2.61. The molecule has 0 radical (unpaired) electrons. The SMILES string of the molecule is CSC(=Nc1ccc2c(c1)C(=O)NCCO2)NC#N. The molecule has 1 aromatic carbocycles. The average molecular weight is 276 g/mol. The fraction of sp³-hybridized carbons (Fsp3) is 0.250. The highest BCUT2D eigenvalue weighted by Gasteiger charge is 2.16. The molecular formula is C12H12N4O2S. The molecule has 98 valence electrons. The third-order valence-corrected chi connectivity index (χ3v) is 3.02. The molecule has 0 aromatic heterocycles. The topological polar surface area (TPSA) is 86.5 Å². The molecule has 19 heavy (non-hydrogen) atoms. The lowest BCUT2D eigenvalue weighted by Gasteiger charge is -2.06. The molecule has 0 saturated carbocycles. The number of carbonyl (C=O) groups excluding carboxylic acids is 1. The molecule has 2 N–H and O–H groups in total. The Balaban J connectivity index is 2.35. The summed E-state index contributed by atoms with van der Waals surface area (Å²) in [6.45, 7) is 0.936. The van der Waals surface area contributed by atoms with E-state index in [-0.39, 0.29) is 5.91 Å². The van der Waals surface area contributed by atoms with Crippen molar-refractivity contribution in [1.82, 2.24) is 10.6 Å². The van der Waals surface area contributed by atoms with Crippen LogP contribution in [0.1, 0.15) is 10.4 Å². The molecule has 1 aliphatic rings. The van der Waals surface area contributed by atoms with Crippen molar-refractivity contribution in [3.8, 4) is 11.9 Å². The highest BCUT2D eigenvalue weighted by atomic mass is 32.2. The minimum Gasteiger partial charge on any atom is -0.491 e. The zero-order valence-electron chi connectivity index (χ0n) is 10.3. The number of amides is 1. The van der Waals surface area contributed by atoms with Crippen molar-refractivity contribution >= 4 is 28.5 Å². The number of amidine groups is 1. The summed E-state index contributed by atoms with van der Waals surface area (Å²) in [5.41, 5.74) is 1.04. The summed E-state index contributed by atoms with van der Waals surface area (Å²) >= 11 is 1.32. The fourth-order valence-corrected chi connectivity index (χ4v) is 1.95. The number of benzene rings is 1. The first kappa shape index (κ1) is 13.2. The third-order valence-electron chi connectivity index (χ3n) is 2.44. The highest BCUT2D eigenvalue weighted by molar-refractivity contribution is 8.13. The zero-order chi connectivity index (χ0) is 13.7. The minimum atomic E-state index is -0.177. The van der Waals surface area contributed by atoms with Gasteiger partial charge in [-0.25, -0.2) is 4.99 Å². The second-order valence-corrected chi connectivity index (χ2v) is 4.44. The van der Waals surface area contributed by atoms with Crippen LogP contribution in [0.15, 0.2) is 23.2 Å². The summed E-state index contributed by atoms with van der Waals surface area (Å²) in [4.78, 5) is 16.1. The van der Waals surface area contributed by atoms with Crippen molar-refractivity contribution in [3.05, 3.63) is 23.8 Å². The quantitative estimate of drug-likeness (QED) is 0.349. The summed E-state index contributed by atoms with van der Waals surface area (Å²) in [6, 6.07) is 5.10. The molecule has 0 bridgehead atoms. The zero-order valence-corrected chi connectivity index (χ0v) is 11.1. The summed E-state index contributed by atoms with van der Waals surface area (Å²) in [7, 11) is 0. The maximum Gasteiger partial charge on any atom is 0.255 e. The van der Waals surface area contributed by atoms with Gasteiger partial charge >= 0.3 is 0 Å². The number of fused-ring (bicyclic) bond motifs is 1. The lowest BCUT2D eigenvalue weighted by atomic mass is 10.1. The Kier molecular flexibility index (Phi) is 4.26. The van der Waals surface area contributed by atoms with Crippen molar-refractivity contribution in [3.63, 3.8) is 0 Å². The molecule has 0 atom stereocenters. The van der Waals surface area contributed by atoms with E-state index in [4.69, 9.17) is 10.00 Å². The molecule has 1 aromatic rings. The van der Waals surface area contributed by atoms with Crippen molar-refractivity contribution in [1.29, 1.82) is 5.26 Å². The fourth-order valence-electron chi connectivity index (χ4n) is 1.60. The van der Waals surface area contributed by atoms with Crippen LogP contribution in [0.3, 0.4) is 0 Å². The molecule has 1 heterocycles. The van der Waals surface area contributed by atoms with Gasteiger partial charge in [0.15, 0.2) is 11.4 Å². The maximum atomic E-state index is 11.8. The predicted octanol–water partition coefficient (Wildman–Crippen LogP) is 1.23. The summed E-state index contributed by atoms with van der Waals surface area (Å²) in [5, 5.41) is 14.3. The smallest absolute Gasteiger partial charge is 0.255 e. The number of carbonyl (C=O) groups is 1. The number of aliphatic imine (C=N–C) groups is 1. The second kappa shape index (κ2) is 6.11. The van der Waals surface area contributed by atoms with Crippen molar-refractivity contribution in [2.24, 2.45) is 4.99 Å². The van der Waals surface area contributed by atoms with E-state index in [1.807, 2.05) is 12.4 Å². The standard InChI is InChI=1S/C12H12N4O2S/c1-19-12(15-7-13)16-8-2-3-10-9(6-8)11(17)14-4-5-18-10/h2-3,6H,4-5H2,1H3,(H,14,17)(H,15,16). The lowest BCUT2D eigenvalue weighted by Crippen LogP contribution is -2.24. The van der Waals surface area contributed by atoms with Crippen molar-refractivity contribution in [2.75, 3.05) is 19.4 Å². The van der Waals surface area contributed by atoms with E-state index in [9.17, 15) is 4.79 Å². The molecule has 0 unspecified atom stereocenters. The van der Waals surface area contributed by atoms with Gasteiger partial charge in [-0.3, -0.25) is 10.1 Å². The molecule has 0 aliphatic carbocycles. The van der Waals surface area contributed by atoms with Crippen molar-refractivity contribution < 1.29 is 9.53 Å². The van der Waals surface area contributed by atoms with Crippen LogP contribution in [0.4, 0.5) is 5.69 Å². The van der Waals surface area contributed by atoms with E-state index in [2.05, 4.69) is 15.6 Å². The number of nitriles is 1. The van der Waals surface area contributed by atoms with Gasteiger partial charge in [0.1, 0.15) is 12.4 Å². The normalized spacial score (nSPS) is 14.5. The molecule has 0 spiro atoms. The molecule has 0 saturated heterocycles. The Hall–Kier alpha value is -2.20. The number of nitrogens with zero attached hydrogens (tertiary/aromatic N) is 2. The van der Waals surface area contributed by atoms with Crippen LogP contribution in [0.2, 0.25) is 0 Å². The van der Waals surface area contributed by atoms with Gasteiger partial charge in [0.05, 0.1) is 17.8 Å². The number of rotatable bonds is 1. The van der Waals surface area contributed by atoms with Crippen LogP contribution in [0.5, 0.6) is 5.75 Å². The summed E-state index contributed by atoms with van der Waals surface area (Å²) in [6.07, 6.45) is 3.62. The van der Waals surface area contributed by atoms with Crippen LogP contribution in [-0.4, -0.2) is 30.5 Å². The molecule has 6 nitrogen and oxygen atoms in total. The van der Waals surface area contributed by atoms with Crippen LogP contribution in [0.25, 0.3) is 0 Å². The molecule has 1 aliphatic heterocycles. The van der Waals surface area contributed by atoms with Crippen molar-refractivity contribution in [2.45, 2.75) is 0 Å². The summed E-state index contributed by atoms with van der Waals surface area (Å²) in [5.74, 6) is 0.372. The Morgan fingerprint density at radius 3 is 3.21 bits per heavy atom. The first-order valence-electron chi connectivity index (χ1n) is 5.57. The van der Waals surface area contributed by atoms with Gasteiger partial charge in [0, 0.05) is 0 Å². The van der Waals surface area contributed by atoms with Gasteiger partial charge in [-0.1, -0.05) is 11.8 Å². The van der Waals surface area contributed by atoms with E-state index >= 15 is 0 Å². The van der Waals surface area contributed by atoms with Gasteiger partial charge < -0.3 is 10.1 Å². The Morgan fingerprint density at radius 1 is 1.63 bits per heavy atom. The van der Waals surface area contributed by atoms with Gasteiger partial charge in [0.2, 0.25) is 0 Å². The van der Waals surface area contributed by atoms with Gasteiger partial charge in [0.25, 0.3) is 5.91 Å². The van der Waals surface area contributed by atoms with Crippen LogP contribution in [-0.2, 0) is 0 Å². The number of hydrogen-bond donors (Lipinski definition) is 2. The Morgan fingerprint density at radius 2 is 2.47 bits per heavy atom. The number of nitrogens with one attached hydrogen (secondary N) is 2. The molecular weight excluding hydrogens is 264 g/mol. The monoisotopic (exact) mass is 276 g/mol. The van der Waals surface area contributed by atoms with Gasteiger partial charge in [-0.2, -0.15) is 5.26 Å². The second-order valence-electron chi connectivity index (χ2n) is 3.64. The largest absolute Gasteiger partial charge is 0.491 e. The van der Waals surface area contributed by atoms with Gasteiger partial charge in [-0.05, 0) is 24.5 Å². The number of ether oxygens (including phenoxy) is 1. The third kappa shape index (κ3) is 3.17. The van der Waals surface area contributed by atoms with Gasteiger partial charge in [-0.15, -0.1) is 0 Å². The van der Waals surface area contributed by atoms with E-state index in [1.165, 1.54) is 11.8 Å². The van der Waals surface area contributed by atoms with Crippen LogP contribution >= 0.6 is 11.8 Å². The lowest BCUT2D eigenvalue weighted by molar-refractivity contribution is 0.0957. The molecule has 0 fully saturated rings. The Labute approximate surface area is 114 Å². The first-order valence-corrected chi connectivity index (χ1v) is 6.80. The summed E-state index contributed by atoms with van der Waals surface area (Å²) < 4.78 is 5.45. The maximum absolute atomic E-state index is 11.8. The Bertz CT molecular complexity index is 565. The molecule has 1 amide bonds. The van der Waals surface area contributed by atoms with Crippen LogP contribution < -0.4 is 15.4 Å². The van der Waals surface area contributed by atoms with Crippen LogP contribution in [0, 0.1) is 11.5 Å². The minimum absolute atomic E-state index is 0.177. The number of thioether (sulfide) groups is 1. The number of hydrogen-bond acceptors (Lipinski definition) is 5. The first-order chi connectivity index (χ1) is 9.24. The predicted molar refractivity (Wildman–Crippen MR) is 73.6 cm³/mol. The highest BCUT2D eigenvalue weighted by Crippen LogP contribution is 2.26. The van der Waals surface area contributed by atoms with E-state index in [0.717, 1.165) is 0 Å². The molecule has 7 heteroatoms. The van der Waals surface area contributed by atoms with E-state index < -0.39 is 0 Å². The van der Waals surface area contributed by atoms with E-state index in [1.54, 1.807) is 18.2 Å².